The minimum Gasteiger partial charge on any atom is -0.344 e. The van der Waals surface area contributed by atoms with Crippen molar-refractivity contribution in [2.75, 3.05) is 13.1 Å². The number of rotatable bonds is 4. The number of amides is 2. The summed E-state index contributed by atoms with van der Waals surface area (Å²) in [5.41, 5.74) is 1.23. The molecule has 106 valence electrons. The molecule has 0 spiro atoms. The molecule has 2 fully saturated rings. The maximum absolute atomic E-state index is 12.5. The second-order valence-corrected chi connectivity index (χ2v) is 5.69. The average Bonchev–Trinajstić information content (AvgIpc) is 3.29. The lowest BCUT2D eigenvalue weighted by Gasteiger charge is -2.24. The van der Waals surface area contributed by atoms with E-state index < -0.39 is 0 Å². The summed E-state index contributed by atoms with van der Waals surface area (Å²) in [6.45, 7) is 1.24. The zero-order valence-corrected chi connectivity index (χ0v) is 11.5. The largest absolute Gasteiger partial charge is 0.344 e. The highest BCUT2D eigenvalue weighted by molar-refractivity contribution is 5.90. The number of nitrogens with one attached hydrogen (secondary N) is 1. The maximum atomic E-state index is 12.5. The van der Waals surface area contributed by atoms with E-state index in [0.29, 0.717) is 25.4 Å². The van der Waals surface area contributed by atoms with Gasteiger partial charge >= 0.3 is 0 Å². The second-order valence-electron chi connectivity index (χ2n) is 5.69. The maximum Gasteiger partial charge on any atom is 0.245 e. The zero-order chi connectivity index (χ0) is 13.9. The summed E-state index contributed by atoms with van der Waals surface area (Å²) < 4.78 is 0. The number of hydrogen-bond donors (Lipinski definition) is 1. The van der Waals surface area contributed by atoms with E-state index in [4.69, 9.17) is 0 Å². The van der Waals surface area contributed by atoms with E-state index in [1.165, 1.54) is 5.56 Å². The molecule has 1 saturated carbocycles. The summed E-state index contributed by atoms with van der Waals surface area (Å²) in [5, 5.41) is 2.89. The Hall–Kier alpha value is -1.84. The van der Waals surface area contributed by atoms with E-state index >= 15 is 0 Å². The van der Waals surface area contributed by atoms with Gasteiger partial charge in [0.25, 0.3) is 0 Å². The third kappa shape index (κ3) is 3.00. The van der Waals surface area contributed by atoms with E-state index in [-0.39, 0.29) is 17.9 Å². The van der Waals surface area contributed by atoms with Crippen molar-refractivity contribution in [1.82, 2.24) is 10.2 Å². The van der Waals surface area contributed by atoms with Gasteiger partial charge in [0.15, 0.2) is 0 Å². The molecule has 0 radical (unpaired) electrons. The molecule has 1 heterocycles. The molecule has 2 aliphatic rings. The smallest absolute Gasteiger partial charge is 0.245 e. The number of carbonyl (C=O) groups excluding carboxylic acids is 2. The molecule has 1 aromatic carbocycles. The minimum absolute atomic E-state index is 0.0115. The van der Waals surface area contributed by atoms with Gasteiger partial charge in [-0.15, -0.1) is 0 Å². The Morgan fingerprint density at radius 1 is 1.15 bits per heavy atom. The number of benzene rings is 1. The highest BCUT2D eigenvalue weighted by Crippen LogP contribution is 2.34. The molecule has 1 atom stereocenters. The van der Waals surface area contributed by atoms with Crippen LogP contribution in [0.15, 0.2) is 30.3 Å². The van der Waals surface area contributed by atoms with Gasteiger partial charge in [-0.1, -0.05) is 30.3 Å². The van der Waals surface area contributed by atoms with Crippen LogP contribution in [-0.4, -0.2) is 35.8 Å². The first-order valence-electron chi connectivity index (χ1n) is 7.36. The van der Waals surface area contributed by atoms with Crippen LogP contribution < -0.4 is 5.32 Å². The molecule has 1 unspecified atom stereocenters. The fourth-order valence-corrected chi connectivity index (χ4v) is 2.73. The molecule has 20 heavy (non-hydrogen) atoms. The van der Waals surface area contributed by atoms with Crippen molar-refractivity contribution in [2.24, 2.45) is 5.92 Å². The lowest BCUT2D eigenvalue weighted by molar-refractivity contribution is -0.134. The van der Waals surface area contributed by atoms with Crippen LogP contribution >= 0.6 is 0 Å². The van der Waals surface area contributed by atoms with Gasteiger partial charge in [0.2, 0.25) is 11.8 Å². The summed E-state index contributed by atoms with van der Waals surface area (Å²) >= 11 is 0. The fourth-order valence-electron chi connectivity index (χ4n) is 2.73. The first-order chi connectivity index (χ1) is 9.74. The average molecular weight is 272 g/mol. The van der Waals surface area contributed by atoms with E-state index in [1.807, 2.05) is 23.1 Å². The van der Waals surface area contributed by atoms with Crippen molar-refractivity contribution in [1.29, 1.82) is 0 Å². The third-order valence-electron chi connectivity index (χ3n) is 4.11. The van der Waals surface area contributed by atoms with Crippen molar-refractivity contribution in [3.8, 4) is 0 Å². The summed E-state index contributed by atoms with van der Waals surface area (Å²) in [5.74, 6) is 0.482. The molecule has 0 bridgehead atoms. The first kappa shape index (κ1) is 13.2. The number of nitrogens with zero attached hydrogens (tertiary/aromatic N) is 1. The van der Waals surface area contributed by atoms with E-state index in [9.17, 15) is 9.59 Å². The second kappa shape index (κ2) is 5.65. The molecule has 1 aliphatic carbocycles. The van der Waals surface area contributed by atoms with Crippen LogP contribution in [0.2, 0.25) is 0 Å². The van der Waals surface area contributed by atoms with Crippen molar-refractivity contribution in [2.45, 2.75) is 31.7 Å². The molecule has 1 saturated heterocycles. The van der Waals surface area contributed by atoms with Crippen LogP contribution in [0.5, 0.6) is 0 Å². The van der Waals surface area contributed by atoms with Gasteiger partial charge in [-0.3, -0.25) is 9.59 Å². The lowest BCUT2D eigenvalue weighted by atomic mass is 10.1. The summed E-state index contributed by atoms with van der Waals surface area (Å²) in [4.78, 5) is 26.1. The Balaban J connectivity index is 1.64. The number of hydrogen-bond acceptors (Lipinski definition) is 2. The van der Waals surface area contributed by atoms with Gasteiger partial charge in [-0.2, -0.15) is 0 Å². The van der Waals surface area contributed by atoms with E-state index in [0.717, 1.165) is 19.3 Å². The van der Waals surface area contributed by atoms with E-state index in [2.05, 4.69) is 17.4 Å². The molecule has 4 nitrogen and oxygen atoms in total. The topological polar surface area (TPSA) is 49.4 Å². The predicted molar refractivity (Wildman–Crippen MR) is 76.0 cm³/mol. The van der Waals surface area contributed by atoms with Crippen molar-refractivity contribution < 1.29 is 9.59 Å². The van der Waals surface area contributed by atoms with Gasteiger partial charge in [-0.05, 0) is 30.7 Å². The first-order valence-corrected chi connectivity index (χ1v) is 7.36. The Morgan fingerprint density at radius 3 is 2.60 bits per heavy atom. The van der Waals surface area contributed by atoms with E-state index in [1.54, 1.807) is 0 Å². The molecule has 1 aromatic rings. The highest BCUT2D eigenvalue weighted by Gasteiger charge is 2.40. The Labute approximate surface area is 119 Å². The van der Waals surface area contributed by atoms with Crippen LogP contribution in [0.1, 0.15) is 24.8 Å². The standard InChI is InChI=1S/C16H20N2O2/c19-14-9-11-18(10-8-12-4-2-1-3-5-12)16(20)15(17-14)13-6-7-13/h1-5,13,15H,6-11H2,(H,17,19). The molecule has 3 rings (SSSR count). The van der Waals surface area contributed by atoms with Gasteiger partial charge in [0, 0.05) is 19.5 Å². The highest BCUT2D eigenvalue weighted by atomic mass is 16.2. The molecule has 2 amide bonds. The van der Waals surface area contributed by atoms with Crippen LogP contribution in [0.3, 0.4) is 0 Å². The molecule has 1 N–H and O–H groups in total. The van der Waals surface area contributed by atoms with Crippen molar-refractivity contribution >= 4 is 11.8 Å². The summed E-state index contributed by atoms with van der Waals surface area (Å²) in [6, 6.07) is 9.89. The normalized spacial score (nSPS) is 23.4. The summed E-state index contributed by atoms with van der Waals surface area (Å²) in [6.07, 6.45) is 3.38. The Bertz CT molecular complexity index is 496. The lowest BCUT2D eigenvalue weighted by Crippen LogP contribution is -2.46. The fraction of sp³-hybridized carbons (Fsp3) is 0.500. The molecule has 4 heteroatoms. The summed E-state index contributed by atoms with van der Waals surface area (Å²) in [7, 11) is 0. The molecule has 1 aliphatic heterocycles. The van der Waals surface area contributed by atoms with Gasteiger partial charge in [0.1, 0.15) is 6.04 Å². The molecular formula is C16H20N2O2. The predicted octanol–water partition coefficient (Wildman–Crippen LogP) is 1.36. The van der Waals surface area contributed by atoms with Crippen molar-refractivity contribution in [3.05, 3.63) is 35.9 Å². The SMILES string of the molecule is O=C1CCN(CCc2ccccc2)C(=O)C(C2CC2)N1. The third-order valence-corrected chi connectivity index (χ3v) is 4.11. The van der Waals surface area contributed by atoms with Crippen LogP contribution in [0, 0.1) is 5.92 Å². The number of carbonyl (C=O) groups is 2. The zero-order valence-electron chi connectivity index (χ0n) is 11.5. The van der Waals surface area contributed by atoms with Crippen LogP contribution in [0.25, 0.3) is 0 Å². The quantitative estimate of drug-likeness (QED) is 0.899. The van der Waals surface area contributed by atoms with Gasteiger partial charge < -0.3 is 10.2 Å². The van der Waals surface area contributed by atoms with Gasteiger partial charge in [-0.25, -0.2) is 0 Å². The molecule has 0 aromatic heterocycles. The van der Waals surface area contributed by atoms with Crippen LogP contribution in [-0.2, 0) is 16.0 Å². The van der Waals surface area contributed by atoms with Gasteiger partial charge in [0.05, 0.1) is 0 Å². The monoisotopic (exact) mass is 272 g/mol. The molecular weight excluding hydrogens is 252 g/mol. The minimum atomic E-state index is -0.277. The van der Waals surface area contributed by atoms with Crippen LogP contribution in [0.4, 0.5) is 0 Å². The Morgan fingerprint density at radius 2 is 1.90 bits per heavy atom. The van der Waals surface area contributed by atoms with Crippen molar-refractivity contribution in [3.63, 3.8) is 0 Å². The Kier molecular flexibility index (Phi) is 3.72.